The maximum atomic E-state index is 12.7. The van der Waals surface area contributed by atoms with E-state index in [-0.39, 0.29) is 17.2 Å². The molecule has 0 bridgehead atoms. The van der Waals surface area contributed by atoms with Gasteiger partial charge in [0.15, 0.2) is 5.01 Å². The molecule has 0 radical (unpaired) electrons. The van der Waals surface area contributed by atoms with Crippen LogP contribution in [0.4, 0.5) is 0 Å². The number of hydrogen-bond donors (Lipinski definition) is 1. The summed E-state index contributed by atoms with van der Waals surface area (Å²) in [4.78, 5) is 29.0. The van der Waals surface area contributed by atoms with Crippen LogP contribution in [0.3, 0.4) is 0 Å². The second kappa shape index (κ2) is 5.74. The van der Waals surface area contributed by atoms with Gasteiger partial charge in [0, 0.05) is 16.5 Å². The van der Waals surface area contributed by atoms with E-state index in [0.717, 1.165) is 17.5 Å². The van der Waals surface area contributed by atoms with Crippen LogP contribution in [0.1, 0.15) is 52.2 Å². The third kappa shape index (κ3) is 3.24. The average Bonchev–Trinajstić information content (AvgIpc) is 3.12. The number of benzene rings is 1. The second-order valence-corrected chi connectivity index (χ2v) is 7.41. The van der Waals surface area contributed by atoms with Gasteiger partial charge >= 0.3 is 0 Å². The predicted octanol–water partition coefficient (Wildman–Crippen LogP) is 3.49. The first-order chi connectivity index (χ1) is 10.8. The van der Waals surface area contributed by atoms with Gasteiger partial charge in [-0.25, -0.2) is 4.98 Å². The predicted molar refractivity (Wildman–Crippen MR) is 91.8 cm³/mol. The van der Waals surface area contributed by atoms with Crippen LogP contribution in [-0.4, -0.2) is 22.2 Å². The molecule has 0 unspecified atom stereocenters. The molecule has 1 aliphatic carbocycles. The van der Waals surface area contributed by atoms with E-state index in [9.17, 15) is 9.59 Å². The number of nitrogens with zero attached hydrogens (tertiary/aromatic N) is 1. The zero-order valence-electron chi connectivity index (χ0n) is 13.3. The zero-order valence-corrected chi connectivity index (χ0v) is 14.2. The highest BCUT2D eigenvalue weighted by molar-refractivity contribution is 7.12. The van der Waals surface area contributed by atoms with Crippen LogP contribution in [0.15, 0.2) is 35.7 Å². The molecule has 5 heteroatoms. The van der Waals surface area contributed by atoms with Crippen LogP contribution in [-0.2, 0) is 6.42 Å². The quantitative estimate of drug-likeness (QED) is 0.878. The second-order valence-electron chi connectivity index (χ2n) is 6.55. The number of thiazole rings is 1. The van der Waals surface area contributed by atoms with Crippen molar-refractivity contribution in [2.24, 2.45) is 0 Å². The standard InChI is InChI=1S/C18H18N2O2S/c1-18(2,3)20-16(22)14-10-23-17(19-14)15(21)13-9-8-11-6-4-5-7-12(11)13/h4-7,9-10H,8H2,1-3H3,(H,20,22). The summed E-state index contributed by atoms with van der Waals surface area (Å²) in [5, 5.41) is 4.84. The van der Waals surface area contributed by atoms with Crippen molar-refractivity contribution in [3.63, 3.8) is 0 Å². The molecule has 0 fully saturated rings. The van der Waals surface area contributed by atoms with Crippen molar-refractivity contribution in [2.45, 2.75) is 32.7 Å². The number of hydrogen-bond acceptors (Lipinski definition) is 4. The highest BCUT2D eigenvalue weighted by atomic mass is 32.1. The lowest BCUT2D eigenvalue weighted by molar-refractivity contribution is 0.0915. The summed E-state index contributed by atoms with van der Waals surface area (Å²) >= 11 is 1.21. The molecule has 0 spiro atoms. The lowest BCUT2D eigenvalue weighted by atomic mass is 10.0. The Hall–Kier alpha value is -2.27. The number of allylic oxidation sites excluding steroid dienone is 2. The first-order valence-corrected chi connectivity index (χ1v) is 8.34. The highest BCUT2D eigenvalue weighted by Gasteiger charge is 2.25. The molecule has 1 aromatic carbocycles. The molecule has 1 aliphatic rings. The van der Waals surface area contributed by atoms with Crippen molar-refractivity contribution in [1.29, 1.82) is 0 Å². The number of nitrogens with one attached hydrogen (secondary N) is 1. The minimum absolute atomic E-state index is 0.116. The number of rotatable bonds is 3. The Bertz CT molecular complexity index is 812. The molecule has 0 atom stereocenters. The first kappa shape index (κ1) is 15.6. The minimum atomic E-state index is -0.336. The number of aromatic nitrogens is 1. The van der Waals surface area contributed by atoms with Gasteiger partial charge in [-0.2, -0.15) is 0 Å². The van der Waals surface area contributed by atoms with Crippen LogP contribution in [0.2, 0.25) is 0 Å². The summed E-state index contributed by atoms with van der Waals surface area (Å²) in [5.74, 6) is -0.372. The van der Waals surface area contributed by atoms with Crippen LogP contribution in [0, 0.1) is 0 Å². The molecule has 1 heterocycles. The average molecular weight is 326 g/mol. The van der Waals surface area contributed by atoms with E-state index in [4.69, 9.17) is 0 Å². The number of ketones is 1. The summed E-state index contributed by atoms with van der Waals surface area (Å²) in [5.41, 5.74) is 2.75. The number of carbonyl (C=O) groups excluding carboxylic acids is 2. The van der Waals surface area contributed by atoms with Crippen molar-refractivity contribution in [1.82, 2.24) is 10.3 Å². The molecular weight excluding hydrogens is 308 g/mol. The fourth-order valence-corrected chi connectivity index (χ4v) is 3.25. The largest absolute Gasteiger partial charge is 0.346 e. The Morgan fingerprint density at radius 2 is 1.96 bits per heavy atom. The summed E-state index contributed by atoms with van der Waals surface area (Å²) in [7, 11) is 0. The molecule has 4 nitrogen and oxygen atoms in total. The van der Waals surface area contributed by atoms with Gasteiger partial charge in [-0.15, -0.1) is 11.3 Å². The Kier molecular flexibility index (Phi) is 3.90. The SMILES string of the molecule is CC(C)(C)NC(=O)c1csc(C(=O)C2=CCc3ccccc32)n1. The van der Waals surface area contributed by atoms with Gasteiger partial charge in [-0.3, -0.25) is 9.59 Å². The molecule has 0 aliphatic heterocycles. The maximum absolute atomic E-state index is 12.7. The van der Waals surface area contributed by atoms with E-state index in [1.165, 1.54) is 11.3 Å². The lowest BCUT2D eigenvalue weighted by Gasteiger charge is -2.19. The molecule has 0 saturated heterocycles. The highest BCUT2D eigenvalue weighted by Crippen LogP contribution is 2.30. The maximum Gasteiger partial charge on any atom is 0.271 e. The van der Waals surface area contributed by atoms with Gasteiger partial charge in [0.2, 0.25) is 5.78 Å². The zero-order chi connectivity index (χ0) is 16.6. The molecule has 0 saturated carbocycles. The fourth-order valence-electron chi connectivity index (χ4n) is 2.50. The Balaban J connectivity index is 1.82. The molecule has 1 N–H and O–H groups in total. The van der Waals surface area contributed by atoms with Gasteiger partial charge in [0.1, 0.15) is 5.69 Å². The third-order valence-electron chi connectivity index (χ3n) is 3.50. The van der Waals surface area contributed by atoms with Gasteiger partial charge < -0.3 is 5.32 Å². The van der Waals surface area contributed by atoms with E-state index in [0.29, 0.717) is 16.3 Å². The van der Waals surface area contributed by atoms with Gasteiger partial charge in [-0.05, 0) is 38.3 Å². The Morgan fingerprint density at radius 3 is 2.70 bits per heavy atom. The van der Waals surface area contributed by atoms with Crippen molar-refractivity contribution in [3.05, 3.63) is 57.6 Å². The molecule has 2 aromatic rings. The summed E-state index contributed by atoms with van der Waals surface area (Å²) in [6.07, 6.45) is 2.70. The molecular formula is C18H18N2O2S. The first-order valence-electron chi connectivity index (χ1n) is 7.46. The van der Waals surface area contributed by atoms with Crippen LogP contribution >= 0.6 is 11.3 Å². The monoisotopic (exact) mass is 326 g/mol. The Morgan fingerprint density at radius 1 is 1.22 bits per heavy atom. The van der Waals surface area contributed by atoms with E-state index >= 15 is 0 Å². The summed E-state index contributed by atoms with van der Waals surface area (Å²) in [6.45, 7) is 5.72. The minimum Gasteiger partial charge on any atom is -0.346 e. The van der Waals surface area contributed by atoms with Crippen molar-refractivity contribution in [2.75, 3.05) is 0 Å². The topological polar surface area (TPSA) is 59.1 Å². The molecule has 3 rings (SSSR count). The van der Waals surface area contributed by atoms with Crippen molar-refractivity contribution < 1.29 is 9.59 Å². The number of carbonyl (C=O) groups is 2. The normalized spacial score (nSPS) is 13.4. The van der Waals surface area contributed by atoms with Gasteiger partial charge in [0.05, 0.1) is 0 Å². The van der Waals surface area contributed by atoms with E-state index < -0.39 is 0 Å². The van der Waals surface area contributed by atoms with Gasteiger partial charge in [-0.1, -0.05) is 30.3 Å². The van der Waals surface area contributed by atoms with E-state index in [2.05, 4.69) is 10.3 Å². The van der Waals surface area contributed by atoms with E-state index in [1.54, 1.807) is 5.38 Å². The number of amides is 1. The summed E-state index contributed by atoms with van der Waals surface area (Å²) in [6, 6.07) is 7.87. The van der Waals surface area contributed by atoms with Crippen LogP contribution in [0.5, 0.6) is 0 Å². The van der Waals surface area contributed by atoms with Crippen molar-refractivity contribution in [3.8, 4) is 0 Å². The smallest absolute Gasteiger partial charge is 0.271 e. The molecule has 118 valence electrons. The summed E-state index contributed by atoms with van der Waals surface area (Å²) < 4.78 is 0. The molecule has 23 heavy (non-hydrogen) atoms. The third-order valence-corrected chi connectivity index (χ3v) is 4.34. The van der Waals surface area contributed by atoms with Crippen molar-refractivity contribution >= 4 is 28.6 Å². The van der Waals surface area contributed by atoms with Crippen LogP contribution in [0.25, 0.3) is 5.57 Å². The van der Waals surface area contributed by atoms with Crippen LogP contribution < -0.4 is 5.32 Å². The number of Topliss-reactive ketones (excluding diaryl/α,β-unsaturated/α-hetero) is 1. The van der Waals surface area contributed by atoms with E-state index in [1.807, 2.05) is 51.1 Å². The lowest BCUT2D eigenvalue weighted by Crippen LogP contribution is -2.40. The molecule has 1 aromatic heterocycles. The fraction of sp³-hybridized carbons (Fsp3) is 0.278. The Labute approximate surface area is 139 Å². The van der Waals surface area contributed by atoms with Gasteiger partial charge in [0.25, 0.3) is 5.91 Å². The number of fused-ring (bicyclic) bond motifs is 1. The molecule has 1 amide bonds.